The molecule has 1 heterocycles. The van der Waals surface area contributed by atoms with Crippen LogP contribution in [0.5, 0.6) is 0 Å². The van der Waals surface area contributed by atoms with Crippen LogP contribution in [0.1, 0.15) is 11.3 Å². The number of aliphatic carboxylic acids is 1. The molecule has 1 N–H and O–H groups in total. The molecule has 0 amide bonds. The third-order valence-corrected chi connectivity index (χ3v) is 3.08. The van der Waals surface area contributed by atoms with E-state index in [1.807, 2.05) is 0 Å². The SMILES string of the molecule is Cc1cc(CS(=O)(=O)CC(=O)O)oc(=O)c1. The maximum absolute atomic E-state index is 11.3. The summed E-state index contributed by atoms with van der Waals surface area (Å²) in [6.45, 7) is 1.62. The van der Waals surface area contributed by atoms with E-state index in [-0.39, 0.29) is 5.76 Å². The van der Waals surface area contributed by atoms with Crippen molar-refractivity contribution in [3.8, 4) is 0 Å². The van der Waals surface area contributed by atoms with Crippen LogP contribution in [0.4, 0.5) is 0 Å². The summed E-state index contributed by atoms with van der Waals surface area (Å²) in [7, 11) is -3.80. The number of hydrogen-bond donors (Lipinski definition) is 1. The molecule has 0 radical (unpaired) electrons. The van der Waals surface area contributed by atoms with Crippen LogP contribution >= 0.6 is 0 Å². The minimum Gasteiger partial charge on any atom is -0.480 e. The van der Waals surface area contributed by atoms with Crippen molar-refractivity contribution in [1.29, 1.82) is 0 Å². The van der Waals surface area contributed by atoms with Gasteiger partial charge in [-0.1, -0.05) is 0 Å². The van der Waals surface area contributed by atoms with E-state index in [4.69, 9.17) is 5.11 Å². The largest absolute Gasteiger partial charge is 0.480 e. The Morgan fingerprint density at radius 2 is 2.06 bits per heavy atom. The van der Waals surface area contributed by atoms with Crippen LogP contribution in [0.3, 0.4) is 0 Å². The number of hydrogen-bond acceptors (Lipinski definition) is 5. The van der Waals surface area contributed by atoms with Gasteiger partial charge in [0.15, 0.2) is 9.84 Å². The Morgan fingerprint density at radius 3 is 2.56 bits per heavy atom. The number of carboxylic acid groups (broad SMARTS) is 1. The van der Waals surface area contributed by atoms with Gasteiger partial charge < -0.3 is 9.52 Å². The van der Waals surface area contributed by atoms with Crippen LogP contribution in [-0.4, -0.2) is 25.2 Å². The minimum atomic E-state index is -3.80. The monoisotopic (exact) mass is 246 g/mol. The van der Waals surface area contributed by atoms with Gasteiger partial charge in [0.2, 0.25) is 0 Å². The number of rotatable bonds is 4. The summed E-state index contributed by atoms with van der Waals surface area (Å²) in [5.41, 5.74) is -0.0858. The Kier molecular flexibility index (Phi) is 3.48. The highest BCUT2D eigenvalue weighted by Gasteiger charge is 2.18. The van der Waals surface area contributed by atoms with Crippen LogP contribution in [0.15, 0.2) is 21.3 Å². The molecule has 1 aromatic rings. The van der Waals surface area contributed by atoms with Gasteiger partial charge in [-0.3, -0.25) is 4.79 Å². The first kappa shape index (κ1) is 12.4. The standard InChI is InChI=1S/C9H10O6S/c1-6-2-7(15-9(12)3-6)4-16(13,14)5-8(10)11/h2-3H,4-5H2,1H3,(H,10,11). The highest BCUT2D eigenvalue weighted by atomic mass is 32.2. The molecule has 0 aliphatic carbocycles. The highest BCUT2D eigenvalue weighted by molar-refractivity contribution is 7.91. The van der Waals surface area contributed by atoms with Gasteiger partial charge in [-0.2, -0.15) is 0 Å². The fourth-order valence-electron chi connectivity index (χ4n) is 1.20. The molecule has 6 nitrogen and oxygen atoms in total. The number of aryl methyl sites for hydroxylation is 1. The molecule has 0 saturated heterocycles. The van der Waals surface area contributed by atoms with E-state index in [9.17, 15) is 18.0 Å². The molecule has 0 aliphatic rings. The lowest BCUT2D eigenvalue weighted by Gasteiger charge is -2.01. The summed E-state index contributed by atoms with van der Waals surface area (Å²) in [6, 6.07) is 2.61. The zero-order chi connectivity index (χ0) is 12.3. The first-order chi connectivity index (χ1) is 7.28. The van der Waals surface area contributed by atoms with E-state index in [1.165, 1.54) is 12.1 Å². The minimum absolute atomic E-state index is 0.0498. The molecule has 0 aromatic carbocycles. The lowest BCUT2D eigenvalue weighted by molar-refractivity contribution is -0.134. The third kappa shape index (κ3) is 3.85. The average molecular weight is 246 g/mol. The van der Waals surface area contributed by atoms with Gasteiger partial charge in [-0.05, 0) is 18.6 Å². The molecular formula is C9H10O6S. The lowest BCUT2D eigenvalue weighted by Crippen LogP contribution is -2.17. The second-order valence-corrected chi connectivity index (χ2v) is 5.41. The molecule has 88 valence electrons. The van der Waals surface area contributed by atoms with Crippen molar-refractivity contribution in [3.63, 3.8) is 0 Å². The Bertz CT molecular complexity index is 554. The van der Waals surface area contributed by atoms with Gasteiger partial charge in [0.25, 0.3) is 0 Å². The van der Waals surface area contributed by atoms with E-state index in [2.05, 4.69) is 4.42 Å². The van der Waals surface area contributed by atoms with Gasteiger partial charge in [-0.15, -0.1) is 0 Å². The second-order valence-electron chi connectivity index (χ2n) is 3.35. The van der Waals surface area contributed by atoms with Crippen LogP contribution in [0.2, 0.25) is 0 Å². The first-order valence-electron chi connectivity index (χ1n) is 4.31. The van der Waals surface area contributed by atoms with Gasteiger partial charge in [-0.25, -0.2) is 13.2 Å². The van der Waals surface area contributed by atoms with E-state index in [1.54, 1.807) is 6.92 Å². The maximum Gasteiger partial charge on any atom is 0.336 e. The number of sulfone groups is 1. The van der Waals surface area contributed by atoms with Crippen LogP contribution in [-0.2, 0) is 20.4 Å². The van der Waals surface area contributed by atoms with Crippen LogP contribution < -0.4 is 5.63 Å². The molecule has 7 heteroatoms. The van der Waals surface area contributed by atoms with Crippen molar-refractivity contribution in [2.45, 2.75) is 12.7 Å². The first-order valence-corrected chi connectivity index (χ1v) is 6.13. The van der Waals surface area contributed by atoms with Crippen molar-refractivity contribution >= 4 is 15.8 Å². The van der Waals surface area contributed by atoms with Gasteiger partial charge >= 0.3 is 11.6 Å². The summed E-state index contributed by atoms with van der Waals surface area (Å²) in [6.07, 6.45) is 0. The normalized spacial score (nSPS) is 11.3. The van der Waals surface area contributed by atoms with Crippen molar-refractivity contribution in [2.75, 3.05) is 5.75 Å². The molecule has 1 rings (SSSR count). The molecule has 1 aromatic heterocycles. The lowest BCUT2D eigenvalue weighted by atomic mass is 10.3. The van der Waals surface area contributed by atoms with Crippen molar-refractivity contribution in [2.24, 2.45) is 0 Å². The molecule has 16 heavy (non-hydrogen) atoms. The predicted octanol–water partition coefficient (Wildman–Crippen LogP) is -0.0524. The fraction of sp³-hybridized carbons (Fsp3) is 0.333. The summed E-state index contributed by atoms with van der Waals surface area (Å²) >= 11 is 0. The molecule has 0 spiro atoms. The molecule has 0 aliphatic heterocycles. The molecule has 0 bridgehead atoms. The third-order valence-electron chi connectivity index (χ3n) is 1.67. The van der Waals surface area contributed by atoms with E-state index >= 15 is 0 Å². The Hall–Kier alpha value is -1.63. The Balaban J connectivity index is 2.96. The van der Waals surface area contributed by atoms with Crippen molar-refractivity contribution in [1.82, 2.24) is 0 Å². The van der Waals surface area contributed by atoms with Crippen molar-refractivity contribution < 1.29 is 22.7 Å². The van der Waals surface area contributed by atoms with Crippen LogP contribution in [0, 0.1) is 6.92 Å². The van der Waals surface area contributed by atoms with E-state index < -0.39 is 32.9 Å². The molecule has 0 atom stereocenters. The van der Waals surface area contributed by atoms with Crippen LogP contribution in [0.25, 0.3) is 0 Å². The predicted molar refractivity (Wildman–Crippen MR) is 54.8 cm³/mol. The van der Waals surface area contributed by atoms with Gasteiger partial charge in [0.1, 0.15) is 17.3 Å². The highest BCUT2D eigenvalue weighted by Crippen LogP contribution is 2.06. The topological polar surface area (TPSA) is 102 Å². The second kappa shape index (κ2) is 4.48. The smallest absolute Gasteiger partial charge is 0.336 e. The Morgan fingerprint density at radius 1 is 1.44 bits per heavy atom. The quantitative estimate of drug-likeness (QED) is 0.799. The summed E-state index contributed by atoms with van der Waals surface area (Å²) in [5.74, 6) is -3.05. The zero-order valence-corrected chi connectivity index (χ0v) is 9.28. The summed E-state index contributed by atoms with van der Waals surface area (Å²) < 4.78 is 27.2. The van der Waals surface area contributed by atoms with Crippen molar-refractivity contribution in [3.05, 3.63) is 33.9 Å². The Labute approximate surface area is 91.4 Å². The summed E-state index contributed by atoms with van der Waals surface area (Å²) in [5, 5.41) is 8.36. The van der Waals surface area contributed by atoms with Gasteiger partial charge in [0, 0.05) is 6.07 Å². The van der Waals surface area contributed by atoms with E-state index in [0.29, 0.717) is 5.56 Å². The molecular weight excluding hydrogens is 236 g/mol. The number of carbonyl (C=O) groups is 1. The maximum atomic E-state index is 11.3. The molecule has 0 fully saturated rings. The number of carboxylic acids is 1. The summed E-state index contributed by atoms with van der Waals surface area (Å²) in [4.78, 5) is 21.2. The average Bonchev–Trinajstić information content (AvgIpc) is 1.95. The zero-order valence-electron chi connectivity index (χ0n) is 8.47. The van der Waals surface area contributed by atoms with Gasteiger partial charge in [0.05, 0.1) is 0 Å². The fourth-order valence-corrected chi connectivity index (χ4v) is 2.25. The van der Waals surface area contributed by atoms with E-state index in [0.717, 1.165) is 0 Å². The molecule has 0 unspecified atom stereocenters. The molecule has 0 saturated carbocycles.